The van der Waals surface area contributed by atoms with Crippen LogP contribution in [-0.4, -0.2) is 0 Å². The van der Waals surface area contributed by atoms with Gasteiger partial charge >= 0.3 is 0 Å². The van der Waals surface area contributed by atoms with Gasteiger partial charge in [-0.1, -0.05) is 50.5 Å². The molecule has 0 heterocycles. The Labute approximate surface area is 96.5 Å². The molecule has 0 amide bonds. The van der Waals surface area contributed by atoms with Crippen LogP contribution in [0.5, 0.6) is 0 Å². The Kier molecular flexibility index (Phi) is 13.0. The van der Waals surface area contributed by atoms with E-state index in [9.17, 15) is 0 Å². The monoisotopic (exact) mass is 207 g/mol. The summed E-state index contributed by atoms with van der Waals surface area (Å²) in [6.07, 6.45) is 20.6. The highest BCUT2D eigenvalue weighted by Gasteiger charge is 1.88. The van der Waals surface area contributed by atoms with Crippen molar-refractivity contribution in [2.45, 2.75) is 64.7 Å². The van der Waals surface area contributed by atoms with Gasteiger partial charge in [0.2, 0.25) is 0 Å². The van der Waals surface area contributed by atoms with E-state index in [0.717, 1.165) is 12.8 Å². The summed E-state index contributed by atoms with van der Waals surface area (Å²) in [6.45, 7) is 5.91. The van der Waals surface area contributed by atoms with E-state index in [1.54, 1.807) is 0 Å². The Morgan fingerprint density at radius 2 is 1.27 bits per heavy atom. The van der Waals surface area contributed by atoms with E-state index >= 15 is 0 Å². The van der Waals surface area contributed by atoms with Gasteiger partial charge < -0.3 is 0 Å². The molecule has 15 heavy (non-hydrogen) atoms. The zero-order valence-corrected chi connectivity index (χ0v) is 10.4. The second-order valence-corrected chi connectivity index (χ2v) is 4.03. The van der Waals surface area contributed by atoms with E-state index in [1.165, 1.54) is 44.9 Å². The van der Waals surface area contributed by atoms with Crippen molar-refractivity contribution in [3.05, 3.63) is 31.2 Å². The maximum absolute atomic E-state index is 3.81. The van der Waals surface area contributed by atoms with Crippen LogP contribution in [0.25, 0.3) is 0 Å². The van der Waals surface area contributed by atoms with Gasteiger partial charge in [0.15, 0.2) is 0 Å². The molecule has 0 nitrogen and oxygen atoms in total. The minimum Gasteiger partial charge on any atom is -0.0917 e. The Balaban J connectivity index is 2.98. The number of rotatable bonds is 10. The van der Waals surface area contributed by atoms with E-state index < -0.39 is 0 Å². The zero-order chi connectivity index (χ0) is 11.2. The Bertz CT molecular complexity index is 153. The standard InChI is InChI=1S/C15H27/c1-3-5-7-9-11-13-15-14-12-10-8-6-4-2/h4,6-7,9H,1,3,5,8,10-15H2,2H3. The van der Waals surface area contributed by atoms with Crippen LogP contribution in [0.1, 0.15) is 64.7 Å². The van der Waals surface area contributed by atoms with Crippen molar-refractivity contribution in [1.82, 2.24) is 0 Å². The van der Waals surface area contributed by atoms with Gasteiger partial charge in [-0.15, -0.1) is 0 Å². The summed E-state index contributed by atoms with van der Waals surface area (Å²) in [5, 5.41) is 0. The first kappa shape index (κ1) is 14.5. The molecule has 0 spiro atoms. The van der Waals surface area contributed by atoms with Crippen LogP contribution < -0.4 is 0 Å². The summed E-state index contributed by atoms with van der Waals surface area (Å²) in [4.78, 5) is 0. The van der Waals surface area contributed by atoms with E-state index in [-0.39, 0.29) is 0 Å². The lowest BCUT2D eigenvalue weighted by atomic mass is 10.1. The van der Waals surface area contributed by atoms with Crippen molar-refractivity contribution in [3.8, 4) is 0 Å². The molecule has 0 aliphatic carbocycles. The van der Waals surface area contributed by atoms with Gasteiger partial charge in [-0.3, -0.25) is 0 Å². The number of hydrogen-bond donors (Lipinski definition) is 0. The molecule has 0 saturated carbocycles. The molecule has 1 radical (unpaired) electrons. The molecule has 0 aliphatic heterocycles. The molecule has 0 aromatic rings. The molecule has 0 fully saturated rings. The largest absolute Gasteiger partial charge is 0.0917 e. The number of unbranched alkanes of at least 4 members (excludes halogenated alkanes) is 7. The summed E-state index contributed by atoms with van der Waals surface area (Å²) < 4.78 is 0. The van der Waals surface area contributed by atoms with Crippen molar-refractivity contribution in [2.75, 3.05) is 0 Å². The second kappa shape index (κ2) is 13.5. The molecule has 87 valence electrons. The summed E-state index contributed by atoms with van der Waals surface area (Å²) in [5.74, 6) is 0. The van der Waals surface area contributed by atoms with Crippen LogP contribution in [0.4, 0.5) is 0 Å². The molecule has 0 saturated heterocycles. The Morgan fingerprint density at radius 1 is 0.733 bits per heavy atom. The third-order valence-electron chi connectivity index (χ3n) is 2.51. The van der Waals surface area contributed by atoms with Crippen LogP contribution in [0.2, 0.25) is 0 Å². The fourth-order valence-electron chi connectivity index (χ4n) is 1.57. The molecule has 0 aromatic carbocycles. The van der Waals surface area contributed by atoms with E-state index in [2.05, 4.69) is 38.2 Å². The summed E-state index contributed by atoms with van der Waals surface area (Å²) in [5.41, 5.74) is 0. The molecule has 0 bridgehead atoms. The fraction of sp³-hybridized carbons (Fsp3) is 0.667. The highest BCUT2D eigenvalue weighted by molar-refractivity contribution is 4.81. The molecule has 0 heteroatoms. The highest BCUT2D eigenvalue weighted by Crippen LogP contribution is 2.08. The Hall–Kier alpha value is -0.520. The fourth-order valence-corrected chi connectivity index (χ4v) is 1.57. The van der Waals surface area contributed by atoms with Gasteiger partial charge in [0.05, 0.1) is 0 Å². The van der Waals surface area contributed by atoms with Crippen molar-refractivity contribution < 1.29 is 0 Å². The lowest BCUT2D eigenvalue weighted by molar-refractivity contribution is 0.621. The molecule has 0 rings (SSSR count). The molecule has 0 unspecified atom stereocenters. The smallest absolute Gasteiger partial charge is 0.0351 e. The lowest BCUT2D eigenvalue weighted by Crippen LogP contribution is -1.78. The number of hydrogen-bond acceptors (Lipinski definition) is 0. The first-order valence-corrected chi connectivity index (χ1v) is 6.47. The third kappa shape index (κ3) is 13.5. The zero-order valence-electron chi connectivity index (χ0n) is 10.4. The van der Waals surface area contributed by atoms with Crippen LogP contribution >= 0.6 is 0 Å². The summed E-state index contributed by atoms with van der Waals surface area (Å²) in [6, 6.07) is 0. The van der Waals surface area contributed by atoms with Crippen molar-refractivity contribution in [3.63, 3.8) is 0 Å². The first-order valence-electron chi connectivity index (χ1n) is 6.47. The normalized spacial score (nSPS) is 11.9. The maximum Gasteiger partial charge on any atom is -0.0351 e. The van der Waals surface area contributed by atoms with Gasteiger partial charge in [0.25, 0.3) is 0 Å². The van der Waals surface area contributed by atoms with E-state index in [1.807, 2.05) is 0 Å². The maximum atomic E-state index is 3.81. The molecule has 0 aromatic heterocycles. The third-order valence-corrected chi connectivity index (χ3v) is 2.51. The summed E-state index contributed by atoms with van der Waals surface area (Å²) >= 11 is 0. The predicted molar refractivity (Wildman–Crippen MR) is 70.9 cm³/mol. The van der Waals surface area contributed by atoms with Gasteiger partial charge in [0.1, 0.15) is 0 Å². The predicted octanol–water partition coefficient (Wildman–Crippen LogP) is 5.46. The molecular weight excluding hydrogens is 180 g/mol. The second-order valence-electron chi connectivity index (χ2n) is 4.03. The van der Waals surface area contributed by atoms with Crippen LogP contribution in [0.15, 0.2) is 24.3 Å². The van der Waals surface area contributed by atoms with Crippen molar-refractivity contribution >= 4 is 0 Å². The highest BCUT2D eigenvalue weighted by atomic mass is 13.9. The average molecular weight is 207 g/mol. The minimum absolute atomic E-state index is 1.03. The van der Waals surface area contributed by atoms with Gasteiger partial charge in [-0.05, 0) is 45.4 Å². The molecule has 0 aliphatic rings. The number of allylic oxidation sites excluding steroid dienone is 4. The lowest BCUT2D eigenvalue weighted by Gasteiger charge is -1.98. The van der Waals surface area contributed by atoms with Gasteiger partial charge in [0, 0.05) is 0 Å². The molecule has 0 atom stereocenters. The van der Waals surface area contributed by atoms with Crippen LogP contribution in [0, 0.1) is 6.92 Å². The van der Waals surface area contributed by atoms with Crippen LogP contribution in [-0.2, 0) is 0 Å². The van der Waals surface area contributed by atoms with Crippen LogP contribution in [0.3, 0.4) is 0 Å². The summed E-state index contributed by atoms with van der Waals surface area (Å²) in [7, 11) is 0. The molecule has 0 N–H and O–H groups in total. The average Bonchev–Trinajstić information content (AvgIpc) is 2.26. The van der Waals surface area contributed by atoms with Gasteiger partial charge in [-0.25, -0.2) is 0 Å². The van der Waals surface area contributed by atoms with Crippen molar-refractivity contribution in [2.24, 2.45) is 0 Å². The van der Waals surface area contributed by atoms with Crippen molar-refractivity contribution in [1.29, 1.82) is 0 Å². The quantitative estimate of drug-likeness (QED) is 0.329. The first-order chi connectivity index (χ1) is 7.41. The van der Waals surface area contributed by atoms with Gasteiger partial charge in [-0.2, -0.15) is 0 Å². The minimum atomic E-state index is 1.03. The SMILES string of the molecule is [CH2]CCC=CCCCCCCCC=CC. The van der Waals surface area contributed by atoms with E-state index in [0.29, 0.717) is 0 Å². The Morgan fingerprint density at radius 3 is 1.87 bits per heavy atom. The van der Waals surface area contributed by atoms with E-state index in [4.69, 9.17) is 0 Å². The molecular formula is C15H27. The topological polar surface area (TPSA) is 0 Å².